The maximum atomic E-state index is 12.8. The lowest BCUT2D eigenvalue weighted by Gasteiger charge is -2.58. The molecule has 11 unspecified atom stereocenters. The maximum Gasteiger partial charge on any atom is 0.313 e. The lowest BCUT2D eigenvalue weighted by Crippen LogP contribution is -2.62. The highest BCUT2D eigenvalue weighted by molar-refractivity contribution is 5.93. The number of aliphatic hydroxyl groups excluding tert-OH is 1. The van der Waals surface area contributed by atoms with Crippen molar-refractivity contribution in [2.24, 2.45) is 28.6 Å². The molecule has 0 bridgehead atoms. The fourth-order valence-corrected chi connectivity index (χ4v) is 10.5. The summed E-state index contributed by atoms with van der Waals surface area (Å²) in [5.74, 6) is -4.04. The third-order valence-corrected chi connectivity index (χ3v) is 13.7. The number of rotatable bonds is 19. The van der Waals surface area contributed by atoms with Crippen molar-refractivity contribution >= 4 is 41.4 Å². The molecule has 5 rings (SSSR count). The van der Waals surface area contributed by atoms with E-state index in [4.69, 9.17) is 28.4 Å². The second kappa shape index (κ2) is 22.7. The summed E-state index contributed by atoms with van der Waals surface area (Å²) in [6.07, 6.45) is -3.98. The van der Waals surface area contributed by atoms with Crippen molar-refractivity contribution < 1.29 is 86.8 Å². The number of carbonyl (C=O) groups is 7. The largest absolute Gasteiger partial charge is 0.463 e. The maximum absolute atomic E-state index is 12.8. The quantitative estimate of drug-likeness (QED) is 0.0839. The number of nitrogens with zero attached hydrogens (tertiary/aromatic N) is 4. The molecule has 1 heterocycles. The number of aliphatic hydroxyl groups is 1. The van der Waals surface area contributed by atoms with Crippen LogP contribution in [0.2, 0.25) is 0 Å². The average Bonchev–Trinajstić information content (AvgIpc) is 3.55. The lowest BCUT2D eigenvalue weighted by molar-refractivity contribution is -0.479. The zero-order chi connectivity index (χ0) is 50.9. The Hall–Kier alpha value is -6.31. The second-order valence-corrected chi connectivity index (χ2v) is 17.9. The normalized spacial score (nSPS) is 31.2. The van der Waals surface area contributed by atoms with Gasteiger partial charge in [0.15, 0.2) is 41.8 Å². The molecule has 68 heavy (non-hydrogen) atoms. The minimum absolute atomic E-state index is 0.0160. The van der Waals surface area contributed by atoms with E-state index in [-0.39, 0.29) is 28.4 Å². The van der Waals surface area contributed by atoms with Crippen LogP contribution in [0.1, 0.15) is 98.8 Å². The van der Waals surface area contributed by atoms with Crippen molar-refractivity contribution in [1.29, 1.82) is 0 Å². The molecule has 4 aliphatic carbocycles. The molecule has 0 spiro atoms. The molecule has 0 radical (unpaired) electrons. The first kappa shape index (κ1) is 54.3. The molecule has 0 aromatic heterocycles. The highest BCUT2D eigenvalue weighted by Gasteiger charge is 2.67. The van der Waals surface area contributed by atoms with Crippen LogP contribution in [-0.2, 0) is 62.0 Å². The molecule has 3 fully saturated rings. The van der Waals surface area contributed by atoms with Gasteiger partial charge < -0.3 is 33.5 Å². The predicted molar refractivity (Wildman–Crippen MR) is 224 cm³/mol. The van der Waals surface area contributed by atoms with Crippen LogP contribution in [0.15, 0.2) is 23.3 Å². The van der Waals surface area contributed by atoms with Crippen molar-refractivity contribution in [1.82, 2.24) is 0 Å². The van der Waals surface area contributed by atoms with Gasteiger partial charge in [-0.1, -0.05) is 25.5 Å². The van der Waals surface area contributed by atoms with Crippen molar-refractivity contribution in [3.05, 3.63) is 63.8 Å². The molecule has 5 aliphatic rings. The van der Waals surface area contributed by atoms with Crippen LogP contribution < -0.4 is 0 Å². The van der Waals surface area contributed by atoms with Crippen molar-refractivity contribution in [3.8, 4) is 0 Å². The highest BCUT2D eigenvalue weighted by Crippen LogP contribution is 2.67. The first-order valence-electron chi connectivity index (χ1n) is 21.9. The van der Waals surface area contributed by atoms with Crippen LogP contribution in [-0.4, -0.2) is 135 Å². The molecule has 26 nitrogen and oxygen atoms in total. The highest BCUT2D eigenvalue weighted by atomic mass is 16.7. The molecule has 1 aliphatic heterocycles. The standard InChI is InChI=1S/C24H32O4.C18H24N4O18/c1-14-12-18-19(22(4)9-6-17(27)13-21(14)22)7-10-23(5)20(18)8-11-24(23,15(2)25)28-16(3)26;23-11(1-5-19(28)29)36-9-10-15(38-12(24)2-6-20(30)31)16(39-13(25)3-7-21(32)33)17(18(27)37-10)40-14(26)4-8-22(34)35/h12-13,18-20H,6-11H2,1-5H3;10,15-18,27H,1-9H2. The monoisotopic (exact) mass is 968 g/mol. The summed E-state index contributed by atoms with van der Waals surface area (Å²) < 4.78 is 30.9. The third kappa shape index (κ3) is 12.8. The first-order chi connectivity index (χ1) is 31.7. The molecule has 0 aromatic rings. The van der Waals surface area contributed by atoms with E-state index in [0.717, 1.165) is 25.7 Å². The van der Waals surface area contributed by atoms with Gasteiger partial charge >= 0.3 is 29.8 Å². The van der Waals surface area contributed by atoms with E-state index in [1.165, 1.54) is 18.1 Å². The molecule has 26 heteroatoms. The Kier molecular flexibility index (Phi) is 18.1. The second-order valence-electron chi connectivity index (χ2n) is 17.9. The predicted octanol–water partition coefficient (Wildman–Crippen LogP) is 2.22. The summed E-state index contributed by atoms with van der Waals surface area (Å²) >= 11 is 0. The average molecular weight is 969 g/mol. The van der Waals surface area contributed by atoms with E-state index in [1.54, 1.807) is 6.92 Å². The molecule has 2 saturated carbocycles. The SMILES string of the molecule is CC(=O)OC1(C(C)=O)CCC2C3C=C(C)C4=CC(=O)CCC4(C)C3CCC21C.O=C(CC[N+](=O)[O-])OCC1OC(O)C(OC(=O)CC[N+](=O)[O-])C(OC(=O)CC[N+](=O)[O-])C1OC(=O)CC[N+](=O)[O-]. The van der Waals surface area contributed by atoms with Crippen LogP contribution in [0.25, 0.3) is 0 Å². The molecular formula is C42H56N4O22. The fraction of sp³-hybridized carbons (Fsp3) is 0.738. The van der Waals surface area contributed by atoms with Gasteiger partial charge in [0, 0.05) is 38.5 Å². The van der Waals surface area contributed by atoms with Crippen LogP contribution in [0.4, 0.5) is 0 Å². The van der Waals surface area contributed by atoms with Crippen LogP contribution in [0.5, 0.6) is 0 Å². The number of ketones is 2. The number of hydrogen-bond donors (Lipinski definition) is 1. The first-order valence-corrected chi connectivity index (χ1v) is 21.9. The Labute approximate surface area is 388 Å². The molecule has 376 valence electrons. The number of Topliss-reactive ketones (excluding diaryl/α,β-unsaturated/α-hetero) is 1. The Bertz CT molecular complexity index is 2110. The van der Waals surface area contributed by atoms with Gasteiger partial charge in [0.2, 0.25) is 26.2 Å². The van der Waals surface area contributed by atoms with Gasteiger partial charge in [0.25, 0.3) is 0 Å². The van der Waals surface area contributed by atoms with E-state index in [0.29, 0.717) is 30.6 Å². The molecule has 11 atom stereocenters. The van der Waals surface area contributed by atoms with Crippen molar-refractivity contribution in [2.75, 3.05) is 32.8 Å². The number of esters is 5. The van der Waals surface area contributed by atoms with Gasteiger partial charge in [-0.05, 0) is 80.8 Å². The Balaban J connectivity index is 0.000000313. The number of nitro groups is 4. The summed E-state index contributed by atoms with van der Waals surface area (Å²) in [6, 6.07) is 0. The number of hydrogen-bond acceptors (Lipinski definition) is 22. The Morgan fingerprint density at radius 2 is 1.21 bits per heavy atom. The number of ether oxygens (including phenoxy) is 6. The Morgan fingerprint density at radius 1 is 0.721 bits per heavy atom. The minimum atomic E-state index is -2.22. The molecule has 1 N–H and O–H groups in total. The van der Waals surface area contributed by atoms with Crippen molar-refractivity contribution in [3.63, 3.8) is 0 Å². The number of carbonyl (C=O) groups excluding carboxylic acids is 7. The molecular weight excluding hydrogens is 912 g/mol. The lowest BCUT2D eigenvalue weighted by atomic mass is 9.47. The summed E-state index contributed by atoms with van der Waals surface area (Å²) in [6.45, 7) is 5.17. The summed E-state index contributed by atoms with van der Waals surface area (Å²) in [5, 5.41) is 52.7. The van der Waals surface area contributed by atoms with Gasteiger partial charge in [0.1, 0.15) is 38.4 Å². The third-order valence-electron chi connectivity index (χ3n) is 13.7. The van der Waals surface area contributed by atoms with Crippen LogP contribution in [0.3, 0.4) is 0 Å². The zero-order valence-corrected chi connectivity index (χ0v) is 38.2. The van der Waals surface area contributed by atoms with E-state index in [1.807, 2.05) is 6.08 Å². The van der Waals surface area contributed by atoms with Crippen LogP contribution in [0, 0.1) is 69.0 Å². The van der Waals surface area contributed by atoms with Gasteiger partial charge in [-0.2, -0.15) is 0 Å². The zero-order valence-electron chi connectivity index (χ0n) is 38.2. The van der Waals surface area contributed by atoms with Crippen LogP contribution >= 0.6 is 0 Å². The van der Waals surface area contributed by atoms with E-state index in [2.05, 4.69) is 26.8 Å². The summed E-state index contributed by atoms with van der Waals surface area (Å²) in [7, 11) is 0. The van der Waals surface area contributed by atoms with Gasteiger partial charge in [0.05, 0.1) is 0 Å². The van der Waals surface area contributed by atoms with Gasteiger partial charge in [-0.25, -0.2) is 0 Å². The van der Waals surface area contributed by atoms with E-state index < -0.39 is 138 Å². The smallest absolute Gasteiger partial charge is 0.313 e. The van der Waals surface area contributed by atoms with E-state index in [9.17, 15) is 79.1 Å². The topological polar surface area (TPSA) is 368 Å². The fourth-order valence-electron chi connectivity index (χ4n) is 10.5. The Morgan fingerprint density at radius 3 is 1.71 bits per heavy atom. The summed E-state index contributed by atoms with van der Waals surface area (Å²) in [4.78, 5) is 124. The number of fused-ring (bicyclic) bond motifs is 5. The minimum Gasteiger partial charge on any atom is -0.463 e. The molecule has 0 aromatic carbocycles. The molecule has 0 amide bonds. The molecule has 1 saturated heterocycles. The number of allylic oxidation sites excluding steroid dienone is 4. The summed E-state index contributed by atoms with van der Waals surface area (Å²) in [5.41, 5.74) is 1.15. The van der Waals surface area contributed by atoms with E-state index >= 15 is 0 Å². The van der Waals surface area contributed by atoms with Crippen molar-refractivity contribution in [2.45, 2.75) is 135 Å². The van der Waals surface area contributed by atoms with Gasteiger partial charge in [-0.15, -0.1) is 0 Å². The van der Waals surface area contributed by atoms with Gasteiger partial charge in [-0.3, -0.25) is 74.0 Å².